The van der Waals surface area contributed by atoms with E-state index < -0.39 is 10.0 Å². The van der Waals surface area contributed by atoms with Gasteiger partial charge in [0.25, 0.3) is 10.0 Å². The third kappa shape index (κ3) is 4.72. The molecule has 1 amide bonds. The maximum atomic E-state index is 13.3. The average molecular weight is 436 g/mol. The summed E-state index contributed by atoms with van der Waals surface area (Å²) in [6.45, 7) is 2.31. The van der Waals surface area contributed by atoms with Crippen molar-refractivity contribution in [3.8, 4) is 0 Å². The van der Waals surface area contributed by atoms with Crippen molar-refractivity contribution in [2.45, 2.75) is 4.90 Å². The summed E-state index contributed by atoms with van der Waals surface area (Å²) in [5.41, 5.74) is 1.61. The highest BCUT2D eigenvalue weighted by Gasteiger charge is 2.30. The minimum absolute atomic E-state index is 0.167. The topological polar surface area (TPSA) is 60.9 Å². The Morgan fingerprint density at radius 3 is 1.84 bits per heavy atom. The van der Waals surface area contributed by atoms with E-state index in [1.165, 1.54) is 4.31 Å². The lowest BCUT2D eigenvalue weighted by Crippen LogP contribution is -2.52. The van der Waals surface area contributed by atoms with Gasteiger partial charge in [-0.2, -0.15) is 0 Å². The van der Waals surface area contributed by atoms with Gasteiger partial charge in [0.05, 0.1) is 10.6 Å². The Morgan fingerprint density at radius 1 is 0.742 bits per heavy atom. The fraction of sp³-hybridized carbons (Fsp3) is 0.208. The van der Waals surface area contributed by atoms with E-state index in [0.29, 0.717) is 31.9 Å². The maximum absolute atomic E-state index is 13.3. The van der Waals surface area contributed by atoms with Crippen LogP contribution in [0.1, 0.15) is 0 Å². The number of nitrogens with zero attached hydrogens (tertiary/aromatic N) is 3. The van der Waals surface area contributed by atoms with Crippen LogP contribution >= 0.6 is 0 Å². The Bertz CT molecular complexity index is 1100. The number of benzene rings is 3. The molecule has 3 aromatic rings. The molecule has 6 nitrogen and oxygen atoms in total. The molecule has 3 aromatic carbocycles. The van der Waals surface area contributed by atoms with Crippen molar-refractivity contribution >= 4 is 27.3 Å². The predicted molar refractivity (Wildman–Crippen MR) is 123 cm³/mol. The van der Waals surface area contributed by atoms with Gasteiger partial charge in [-0.05, 0) is 36.4 Å². The molecule has 0 bridgehead atoms. The third-order valence-electron chi connectivity index (χ3n) is 5.41. The summed E-state index contributed by atoms with van der Waals surface area (Å²) in [6, 6.07) is 27.1. The number of carbonyl (C=O) groups is 1. The molecule has 1 fully saturated rings. The van der Waals surface area contributed by atoms with Crippen LogP contribution in [-0.4, -0.2) is 51.9 Å². The number of carbonyl (C=O) groups excluding carboxylic acids is 1. The van der Waals surface area contributed by atoms with Gasteiger partial charge in [-0.1, -0.05) is 54.6 Å². The molecule has 0 N–H and O–H groups in total. The normalized spacial score (nSPS) is 14.3. The van der Waals surface area contributed by atoms with Crippen LogP contribution in [0, 0.1) is 0 Å². The quantitative estimate of drug-likeness (QED) is 0.597. The first-order valence-corrected chi connectivity index (χ1v) is 11.7. The summed E-state index contributed by atoms with van der Waals surface area (Å²) >= 11 is 0. The third-order valence-corrected chi connectivity index (χ3v) is 7.20. The van der Waals surface area contributed by atoms with Crippen molar-refractivity contribution in [2.75, 3.05) is 41.9 Å². The SMILES string of the molecule is O=C(CN(c1ccccc1)S(=O)(=O)c1ccccc1)N1CCN(c2ccccc2)CC1. The highest BCUT2D eigenvalue weighted by atomic mass is 32.2. The molecule has 0 aliphatic carbocycles. The zero-order valence-electron chi connectivity index (χ0n) is 17.2. The Morgan fingerprint density at radius 2 is 1.26 bits per heavy atom. The van der Waals surface area contributed by atoms with Crippen LogP contribution in [0.3, 0.4) is 0 Å². The van der Waals surface area contributed by atoms with Crippen LogP contribution < -0.4 is 9.21 Å². The summed E-state index contributed by atoms with van der Waals surface area (Å²) in [6.07, 6.45) is 0. The second-order valence-corrected chi connectivity index (χ2v) is 9.23. The maximum Gasteiger partial charge on any atom is 0.264 e. The molecule has 7 heteroatoms. The lowest BCUT2D eigenvalue weighted by atomic mass is 10.2. The number of anilines is 2. The van der Waals surface area contributed by atoms with E-state index in [4.69, 9.17) is 0 Å². The fourth-order valence-electron chi connectivity index (χ4n) is 3.70. The van der Waals surface area contributed by atoms with Crippen molar-refractivity contribution in [3.63, 3.8) is 0 Å². The van der Waals surface area contributed by atoms with Gasteiger partial charge in [0.15, 0.2) is 0 Å². The summed E-state index contributed by atoms with van der Waals surface area (Å²) in [5, 5.41) is 0. The minimum atomic E-state index is -3.87. The van der Waals surface area contributed by atoms with Crippen LogP contribution in [0.2, 0.25) is 0 Å². The lowest BCUT2D eigenvalue weighted by Gasteiger charge is -2.37. The molecule has 4 rings (SSSR count). The van der Waals surface area contributed by atoms with Crippen molar-refractivity contribution in [2.24, 2.45) is 0 Å². The fourth-order valence-corrected chi connectivity index (χ4v) is 5.14. The Balaban J connectivity index is 1.51. The molecule has 31 heavy (non-hydrogen) atoms. The van der Waals surface area contributed by atoms with E-state index >= 15 is 0 Å². The standard InChI is InChI=1S/C24H25N3O3S/c28-24(26-18-16-25(17-19-26)21-10-4-1-5-11-21)20-27(22-12-6-2-7-13-22)31(29,30)23-14-8-3-9-15-23/h1-15H,16-20H2. The van der Waals surface area contributed by atoms with Gasteiger partial charge in [0, 0.05) is 31.9 Å². The second kappa shape index (κ2) is 9.22. The van der Waals surface area contributed by atoms with Gasteiger partial charge in [-0.15, -0.1) is 0 Å². The van der Waals surface area contributed by atoms with Crippen molar-refractivity contribution < 1.29 is 13.2 Å². The first-order valence-electron chi connectivity index (χ1n) is 10.3. The minimum Gasteiger partial charge on any atom is -0.368 e. The lowest BCUT2D eigenvalue weighted by molar-refractivity contribution is -0.129. The Labute approximate surface area is 183 Å². The smallest absolute Gasteiger partial charge is 0.264 e. The van der Waals surface area contributed by atoms with Gasteiger partial charge in [-0.25, -0.2) is 8.42 Å². The monoisotopic (exact) mass is 435 g/mol. The zero-order valence-corrected chi connectivity index (χ0v) is 18.0. The van der Waals surface area contributed by atoms with E-state index in [1.807, 2.05) is 24.3 Å². The van der Waals surface area contributed by atoms with E-state index in [0.717, 1.165) is 5.69 Å². The van der Waals surface area contributed by atoms with Gasteiger partial charge < -0.3 is 9.80 Å². The molecule has 1 heterocycles. The van der Waals surface area contributed by atoms with Gasteiger partial charge >= 0.3 is 0 Å². The number of rotatable bonds is 6. The Kier molecular flexibility index (Phi) is 6.23. The number of hydrogen-bond donors (Lipinski definition) is 0. The van der Waals surface area contributed by atoms with E-state index in [9.17, 15) is 13.2 Å². The van der Waals surface area contributed by atoms with Gasteiger partial charge in [-0.3, -0.25) is 9.10 Å². The number of hydrogen-bond acceptors (Lipinski definition) is 4. The summed E-state index contributed by atoms with van der Waals surface area (Å²) in [7, 11) is -3.87. The van der Waals surface area contributed by atoms with Gasteiger partial charge in [0.1, 0.15) is 6.54 Å². The molecule has 1 saturated heterocycles. The van der Waals surface area contributed by atoms with Crippen LogP contribution in [0.5, 0.6) is 0 Å². The van der Waals surface area contributed by atoms with E-state index in [1.54, 1.807) is 59.5 Å². The zero-order chi connectivity index (χ0) is 21.7. The molecule has 0 atom stereocenters. The molecule has 0 aromatic heterocycles. The molecule has 160 valence electrons. The molecular weight excluding hydrogens is 410 g/mol. The largest absolute Gasteiger partial charge is 0.368 e. The molecule has 0 radical (unpaired) electrons. The highest BCUT2D eigenvalue weighted by molar-refractivity contribution is 7.92. The second-order valence-electron chi connectivity index (χ2n) is 7.36. The summed E-state index contributed by atoms with van der Waals surface area (Å²) < 4.78 is 27.9. The molecule has 1 aliphatic heterocycles. The molecule has 0 saturated carbocycles. The van der Waals surface area contributed by atoms with Crippen LogP contribution in [0.4, 0.5) is 11.4 Å². The number of piperazine rings is 1. The first-order chi connectivity index (χ1) is 15.1. The van der Waals surface area contributed by atoms with Crippen LogP contribution in [0.15, 0.2) is 95.9 Å². The molecule has 0 unspecified atom stereocenters. The average Bonchev–Trinajstić information content (AvgIpc) is 2.84. The van der Waals surface area contributed by atoms with Crippen LogP contribution in [-0.2, 0) is 14.8 Å². The number of para-hydroxylation sites is 2. The van der Waals surface area contributed by atoms with Gasteiger partial charge in [0.2, 0.25) is 5.91 Å². The molecular formula is C24H25N3O3S. The number of amides is 1. The van der Waals surface area contributed by atoms with Crippen molar-refractivity contribution in [3.05, 3.63) is 91.0 Å². The Hall–Kier alpha value is -3.32. The molecule has 0 spiro atoms. The molecule has 1 aliphatic rings. The summed E-state index contributed by atoms with van der Waals surface area (Å²) in [5.74, 6) is -0.198. The number of sulfonamides is 1. The van der Waals surface area contributed by atoms with Crippen molar-refractivity contribution in [1.29, 1.82) is 0 Å². The first kappa shape index (κ1) is 20.9. The highest BCUT2D eigenvalue weighted by Crippen LogP contribution is 2.24. The van der Waals surface area contributed by atoms with E-state index in [-0.39, 0.29) is 17.3 Å². The van der Waals surface area contributed by atoms with Crippen molar-refractivity contribution in [1.82, 2.24) is 4.90 Å². The van der Waals surface area contributed by atoms with Crippen LogP contribution in [0.25, 0.3) is 0 Å². The predicted octanol–water partition coefficient (Wildman–Crippen LogP) is 3.23. The van der Waals surface area contributed by atoms with E-state index in [2.05, 4.69) is 17.0 Å². The summed E-state index contributed by atoms with van der Waals surface area (Å²) in [4.78, 5) is 17.3.